The van der Waals surface area contributed by atoms with Crippen molar-refractivity contribution in [2.75, 3.05) is 13.8 Å². The number of alkyl halides is 1. The summed E-state index contributed by atoms with van der Waals surface area (Å²) in [5.41, 5.74) is -1.03. The Morgan fingerprint density at radius 3 is 2.58 bits per heavy atom. The Morgan fingerprint density at radius 2 is 1.92 bits per heavy atom. The molecule has 2 heterocycles. The summed E-state index contributed by atoms with van der Waals surface area (Å²) in [6.45, 7) is -0.390. The number of halogens is 4. The highest BCUT2D eigenvalue weighted by Crippen LogP contribution is 2.48. The van der Waals surface area contributed by atoms with Gasteiger partial charge in [-0.3, -0.25) is 9.18 Å². The third-order valence-electron chi connectivity index (χ3n) is 6.63. The van der Waals surface area contributed by atoms with Gasteiger partial charge in [0.2, 0.25) is 5.56 Å². The first kappa shape index (κ1) is 23.8. The topological polar surface area (TPSA) is 77.0 Å². The van der Waals surface area contributed by atoms with Crippen LogP contribution in [0.2, 0.25) is 0 Å². The molecule has 1 aliphatic rings. The third kappa shape index (κ3) is 4.16. The van der Waals surface area contributed by atoms with Gasteiger partial charge in [0.05, 0.1) is 36.1 Å². The van der Waals surface area contributed by atoms with E-state index < -0.39 is 58.6 Å². The van der Waals surface area contributed by atoms with E-state index >= 15 is 8.78 Å². The molecule has 5 rings (SSSR count). The van der Waals surface area contributed by atoms with Crippen LogP contribution in [0.4, 0.5) is 17.6 Å². The van der Waals surface area contributed by atoms with E-state index in [1.54, 1.807) is 10.6 Å². The number of methoxy groups -OCH3 is 1. The fourth-order valence-corrected chi connectivity index (χ4v) is 4.33. The van der Waals surface area contributed by atoms with Crippen molar-refractivity contribution in [2.24, 2.45) is 5.41 Å². The van der Waals surface area contributed by atoms with E-state index in [9.17, 15) is 18.4 Å². The molecule has 2 aromatic carbocycles. The minimum atomic E-state index is -1.41. The maximum Gasteiger partial charge on any atom is 0.337 e. The fraction of sp³-hybridized carbons (Fsp3) is 0.269. The van der Waals surface area contributed by atoms with Gasteiger partial charge in [-0.05, 0) is 43.2 Å². The van der Waals surface area contributed by atoms with Crippen molar-refractivity contribution in [1.29, 1.82) is 0 Å². The molecule has 4 aromatic rings. The van der Waals surface area contributed by atoms with Crippen LogP contribution >= 0.6 is 0 Å². The Morgan fingerprint density at radius 1 is 1.14 bits per heavy atom. The summed E-state index contributed by atoms with van der Waals surface area (Å²) in [5, 5.41) is 0. The van der Waals surface area contributed by atoms with E-state index in [4.69, 9.17) is 4.74 Å². The first-order chi connectivity index (χ1) is 17.2. The average molecular weight is 499 g/mol. The van der Waals surface area contributed by atoms with Crippen LogP contribution in [0.3, 0.4) is 0 Å². The molecule has 186 valence electrons. The van der Waals surface area contributed by atoms with Crippen molar-refractivity contribution in [1.82, 2.24) is 14.5 Å². The molecule has 1 saturated carbocycles. The van der Waals surface area contributed by atoms with Crippen molar-refractivity contribution in [3.05, 3.63) is 87.2 Å². The lowest BCUT2D eigenvalue weighted by atomic mass is 10.0. The van der Waals surface area contributed by atoms with Crippen molar-refractivity contribution in [3.63, 3.8) is 0 Å². The molecule has 10 heteroatoms. The number of aromatic nitrogens is 3. The highest BCUT2D eigenvalue weighted by atomic mass is 19.2. The monoisotopic (exact) mass is 499 g/mol. The highest BCUT2D eigenvalue weighted by Gasteiger charge is 2.44. The van der Waals surface area contributed by atoms with E-state index in [2.05, 4.69) is 9.97 Å². The van der Waals surface area contributed by atoms with Crippen LogP contribution < -0.4 is 5.56 Å². The number of esters is 1. The van der Waals surface area contributed by atoms with Crippen LogP contribution in [0.25, 0.3) is 22.3 Å². The van der Waals surface area contributed by atoms with Crippen LogP contribution in [-0.2, 0) is 17.7 Å². The van der Waals surface area contributed by atoms with E-state index in [1.807, 2.05) is 0 Å². The smallest absolute Gasteiger partial charge is 0.337 e. The van der Waals surface area contributed by atoms with Crippen LogP contribution in [0, 0.1) is 22.9 Å². The molecule has 0 radical (unpaired) electrons. The molecule has 0 aliphatic heterocycles. The molecule has 2 aromatic heterocycles. The van der Waals surface area contributed by atoms with Crippen molar-refractivity contribution < 1.29 is 27.1 Å². The molecule has 0 unspecified atom stereocenters. The Bertz CT molecular complexity index is 1560. The Balaban J connectivity index is 1.61. The zero-order valence-electron chi connectivity index (χ0n) is 19.2. The quantitative estimate of drug-likeness (QED) is 0.222. The standard InChI is InChI=1S/C26H21F4N3O3/c1-36-25(35)14-5-6-19-20(9-14)33(13-26(12-27)7-8-26)21(31-19)11-15-17(28)10-16(24(30)23(15)29)18-3-2-4-22(34)32-18/h2-6,9-10H,7-8,11-13H2,1H3,(H,32,34). The summed E-state index contributed by atoms with van der Waals surface area (Å²) < 4.78 is 65.4. The first-order valence-electron chi connectivity index (χ1n) is 11.2. The number of pyridine rings is 1. The molecule has 1 fully saturated rings. The second kappa shape index (κ2) is 8.92. The molecule has 6 nitrogen and oxygen atoms in total. The minimum Gasteiger partial charge on any atom is -0.465 e. The molecule has 1 aliphatic carbocycles. The number of carbonyl (C=O) groups is 1. The third-order valence-corrected chi connectivity index (χ3v) is 6.63. The second-order valence-corrected chi connectivity index (χ2v) is 9.06. The van der Waals surface area contributed by atoms with E-state index in [0.29, 0.717) is 23.9 Å². The number of hydrogen-bond donors (Lipinski definition) is 1. The Kier molecular flexibility index (Phi) is 5.89. The van der Waals surface area contributed by atoms with E-state index in [1.165, 1.54) is 37.4 Å². The van der Waals surface area contributed by atoms with Crippen LogP contribution in [0.5, 0.6) is 0 Å². The predicted octanol–water partition coefficient (Wildman–Crippen LogP) is 4.94. The van der Waals surface area contributed by atoms with Crippen molar-refractivity contribution in [2.45, 2.75) is 25.8 Å². The summed E-state index contributed by atoms with van der Waals surface area (Å²) in [6, 6.07) is 9.32. The number of nitrogens with zero attached hydrogens (tertiary/aromatic N) is 2. The molecule has 36 heavy (non-hydrogen) atoms. The summed E-state index contributed by atoms with van der Waals surface area (Å²) >= 11 is 0. The fourth-order valence-electron chi connectivity index (χ4n) is 4.33. The summed E-state index contributed by atoms with van der Waals surface area (Å²) in [7, 11) is 1.24. The number of rotatable bonds is 7. The van der Waals surface area contributed by atoms with Gasteiger partial charge in [0.15, 0.2) is 11.6 Å². The maximum absolute atomic E-state index is 15.1. The largest absolute Gasteiger partial charge is 0.465 e. The van der Waals surface area contributed by atoms with E-state index in [-0.39, 0.29) is 23.6 Å². The zero-order chi connectivity index (χ0) is 25.6. The summed E-state index contributed by atoms with van der Waals surface area (Å²) in [6.07, 6.45) is 0.867. The van der Waals surface area contributed by atoms with Crippen molar-refractivity contribution >= 4 is 17.0 Å². The number of carbonyl (C=O) groups excluding carboxylic acids is 1. The second-order valence-electron chi connectivity index (χ2n) is 9.06. The Hall–Kier alpha value is -3.95. The van der Waals surface area contributed by atoms with Gasteiger partial charge in [-0.1, -0.05) is 6.07 Å². The molecule has 0 bridgehead atoms. The van der Waals surface area contributed by atoms with Gasteiger partial charge in [-0.2, -0.15) is 0 Å². The number of H-pyrrole nitrogens is 1. The molecule has 0 amide bonds. The van der Waals surface area contributed by atoms with Gasteiger partial charge in [0, 0.05) is 35.6 Å². The molecule has 1 N–H and O–H groups in total. The van der Waals surface area contributed by atoms with Crippen LogP contribution in [0.1, 0.15) is 34.6 Å². The number of ether oxygens (including phenoxy) is 1. The number of hydrogen-bond acceptors (Lipinski definition) is 4. The average Bonchev–Trinajstić information content (AvgIpc) is 3.58. The zero-order valence-corrected chi connectivity index (χ0v) is 19.2. The van der Waals surface area contributed by atoms with Gasteiger partial charge < -0.3 is 14.3 Å². The highest BCUT2D eigenvalue weighted by molar-refractivity contribution is 5.93. The van der Waals surface area contributed by atoms with Gasteiger partial charge in [-0.15, -0.1) is 0 Å². The SMILES string of the molecule is COC(=O)c1ccc2nc(Cc3c(F)cc(-c4cccc(=O)[nH]4)c(F)c3F)n(CC3(CF)CC3)c2c1. The first-order valence-corrected chi connectivity index (χ1v) is 11.2. The molecule has 0 atom stereocenters. The number of nitrogens with one attached hydrogen (secondary N) is 1. The normalized spacial score (nSPS) is 14.2. The van der Waals surface area contributed by atoms with Gasteiger partial charge in [0.25, 0.3) is 0 Å². The van der Waals surface area contributed by atoms with Gasteiger partial charge >= 0.3 is 5.97 Å². The number of benzene rings is 2. The number of imidazole rings is 1. The van der Waals surface area contributed by atoms with Crippen LogP contribution in [-0.4, -0.2) is 34.3 Å². The minimum absolute atomic E-state index is 0.0643. The molecular formula is C26H21F4N3O3. The Labute approximate surface area is 202 Å². The van der Waals surface area contributed by atoms with Gasteiger partial charge in [0.1, 0.15) is 11.6 Å². The molecule has 0 saturated heterocycles. The van der Waals surface area contributed by atoms with E-state index in [0.717, 1.165) is 6.07 Å². The lowest BCUT2D eigenvalue weighted by Gasteiger charge is -2.16. The van der Waals surface area contributed by atoms with Gasteiger partial charge in [-0.25, -0.2) is 22.9 Å². The molecule has 0 spiro atoms. The molecular weight excluding hydrogens is 478 g/mol. The number of fused-ring (bicyclic) bond motifs is 1. The lowest BCUT2D eigenvalue weighted by Crippen LogP contribution is -2.17. The van der Waals surface area contributed by atoms with Crippen LogP contribution in [0.15, 0.2) is 47.3 Å². The maximum atomic E-state index is 15.1. The number of aromatic amines is 1. The summed E-state index contributed by atoms with van der Waals surface area (Å²) in [4.78, 5) is 30.4. The van der Waals surface area contributed by atoms with Crippen molar-refractivity contribution in [3.8, 4) is 11.3 Å². The predicted molar refractivity (Wildman–Crippen MR) is 124 cm³/mol. The summed E-state index contributed by atoms with van der Waals surface area (Å²) in [5.74, 6) is -4.12. The lowest BCUT2D eigenvalue weighted by molar-refractivity contribution is 0.0601.